The molecule has 0 aromatic carbocycles. The fraction of sp³-hybridized carbons (Fsp3) is 1.00. The molecule has 3 heteroatoms. The fourth-order valence-corrected chi connectivity index (χ4v) is 2.37. The second-order valence-electron chi connectivity index (χ2n) is 4.80. The SMILES string of the molecule is COC(C)(C)CC(C)(C)C(O)CBr. The van der Waals surface area contributed by atoms with Crippen LogP contribution in [-0.2, 0) is 4.74 Å². The van der Waals surface area contributed by atoms with Crippen molar-refractivity contribution in [2.75, 3.05) is 12.4 Å². The van der Waals surface area contributed by atoms with E-state index in [1.165, 1.54) is 0 Å². The van der Waals surface area contributed by atoms with Gasteiger partial charge in [-0.1, -0.05) is 29.8 Å². The van der Waals surface area contributed by atoms with Crippen LogP contribution in [0.3, 0.4) is 0 Å². The lowest BCUT2D eigenvalue weighted by molar-refractivity contribution is -0.0443. The van der Waals surface area contributed by atoms with Crippen molar-refractivity contribution in [1.82, 2.24) is 0 Å². The van der Waals surface area contributed by atoms with Crippen LogP contribution in [0.25, 0.3) is 0 Å². The number of rotatable bonds is 5. The molecule has 0 saturated heterocycles. The van der Waals surface area contributed by atoms with Crippen molar-refractivity contribution < 1.29 is 9.84 Å². The summed E-state index contributed by atoms with van der Waals surface area (Å²) in [6.07, 6.45) is 0.505. The summed E-state index contributed by atoms with van der Waals surface area (Å²) in [4.78, 5) is 0. The molecule has 0 aliphatic rings. The van der Waals surface area contributed by atoms with Crippen molar-refractivity contribution in [1.29, 1.82) is 0 Å². The second-order valence-corrected chi connectivity index (χ2v) is 5.45. The average Bonchev–Trinajstić information content (AvgIpc) is 2.01. The Morgan fingerprint density at radius 2 is 1.77 bits per heavy atom. The van der Waals surface area contributed by atoms with Crippen molar-refractivity contribution in [3.05, 3.63) is 0 Å². The summed E-state index contributed by atoms with van der Waals surface area (Å²) in [6, 6.07) is 0. The minimum absolute atomic E-state index is 0.122. The third kappa shape index (κ3) is 4.43. The maximum atomic E-state index is 9.74. The van der Waals surface area contributed by atoms with Crippen LogP contribution in [0.1, 0.15) is 34.1 Å². The van der Waals surface area contributed by atoms with Gasteiger partial charge in [-0.05, 0) is 25.7 Å². The molecule has 0 aromatic rings. The van der Waals surface area contributed by atoms with E-state index in [0.29, 0.717) is 5.33 Å². The number of hydrogen-bond donors (Lipinski definition) is 1. The van der Waals surface area contributed by atoms with E-state index in [1.807, 2.05) is 13.8 Å². The highest BCUT2D eigenvalue weighted by molar-refractivity contribution is 9.09. The number of halogens is 1. The molecule has 2 nitrogen and oxygen atoms in total. The minimum atomic E-state index is -0.332. The van der Waals surface area contributed by atoms with Crippen LogP contribution in [0.2, 0.25) is 0 Å². The molecular formula is C10H21BrO2. The van der Waals surface area contributed by atoms with Crippen molar-refractivity contribution in [3.63, 3.8) is 0 Å². The van der Waals surface area contributed by atoms with Crippen LogP contribution < -0.4 is 0 Å². The van der Waals surface area contributed by atoms with Crippen LogP contribution in [-0.4, -0.2) is 29.3 Å². The van der Waals surface area contributed by atoms with E-state index in [-0.39, 0.29) is 17.1 Å². The lowest BCUT2D eigenvalue weighted by atomic mass is 9.78. The molecule has 0 heterocycles. The van der Waals surface area contributed by atoms with Crippen LogP contribution in [0.5, 0.6) is 0 Å². The predicted octanol–water partition coefficient (Wildman–Crippen LogP) is 2.58. The van der Waals surface area contributed by atoms with Gasteiger partial charge in [-0.25, -0.2) is 0 Å². The summed E-state index contributed by atoms with van der Waals surface area (Å²) in [7, 11) is 1.70. The zero-order chi connectivity index (χ0) is 10.7. The van der Waals surface area contributed by atoms with Gasteiger partial charge in [0.2, 0.25) is 0 Å². The standard InChI is InChI=1S/C10H21BrO2/c1-9(2,8(12)6-11)7-10(3,4)13-5/h8,12H,6-7H2,1-5H3. The molecule has 0 aliphatic carbocycles. The molecule has 0 saturated carbocycles. The highest BCUT2D eigenvalue weighted by atomic mass is 79.9. The molecule has 0 rings (SSSR count). The Balaban J connectivity index is 4.32. The van der Waals surface area contributed by atoms with E-state index in [9.17, 15) is 5.11 Å². The van der Waals surface area contributed by atoms with E-state index >= 15 is 0 Å². The summed E-state index contributed by atoms with van der Waals surface area (Å²) in [6.45, 7) is 8.19. The van der Waals surface area contributed by atoms with Crippen LogP contribution in [0.4, 0.5) is 0 Å². The zero-order valence-electron chi connectivity index (χ0n) is 9.22. The van der Waals surface area contributed by atoms with E-state index in [0.717, 1.165) is 6.42 Å². The first-order valence-electron chi connectivity index (χ1n) is 4.54. The van der Waals surface area contributed by atoms with E-state index in [4.69, 9.17) is 4.74 Å². The van der Waals surface area contributed by atoms with Gasteiger partial charge in [0.1, 0.15) is 0 Å². The predicted molar refractivity (Wildman–Crippen MR) is 59.3 cm³/mol. The van der Waals surface area contributed by atoms with Gasteiger partial charge in [-0.15, -0.1) is 0 Å². The smallest absolute Gasteiger partial charge is 0.0688 e. The van der Waals surface area contributed by atoms with E-state index in [2.05, 4.69) is 29.8 Å². The first-order valence-corrected chi connectivity index (χ1v) is 5.66. The van der Waals surface area contributed by atoms with Gasteiger partial charge < -0.3 is 9.84 Å². The molecule has 1 atom stereocenters. The highest BCUT2D eigenvalue weighted by Crippen LogP contribution is 2.33. The fourth-order valence-electron chi connectivity index (χ4n) is 1.50. The zero-order valence-corrected chi connectivity index (χ0v) is 10.8. The van der Waals surface area contributed by atoms with Crippen molar-refractivity contribution in [3.8, 4) is 0 Å². The Morgan fingerprint density at radius 1 is 1.31 bits per heavy atom. The van der Waals surface area contributed by atoms with Gasteiger partial charge in [0, 0.05) is 12.4 Å². The largest absolute Gasteiger partial charge is 0.392 e. The number of alkyl halides is 1. The van der Waals surface area contributed by atoms with Crippen LogP contribution in [0, 0.1) is 5.41 Å². The van der Waals surface area contributed by atoms with Gasteiger partial charge in [0.05, 0.1) is 11.7 Å². The molecule has 0 bridgehead atoms. The summed E-state index contributed by atoms with van der Waals surface area (Å²) in [5.74, 6) is 0. The Hall–Kier alpha value is 0.400. The maximum absolute atomic E-state index is 9.74. The Bertz CT molecular complexity index is 155. The third-order valence-electron chi connectivity index (χ3n) is 2.48. The molecule has 13 heavy (non-hydrogen) atoms. The number of hydrogen-bond acceptors (Lipinski definition) is 2. The van der Waals surface area contributed by atoms with Crippen molar-refractivity contribution in [2.45, 2.75) is 45.8 Å². The normalized spacial score (nSPS) is 15.9. The summed E-state index contributed by atoms with van der Waals surface area (Å²) >= 11 is 3.29. The molecule has 0 aliphatic heterocycles. The maximum Gasteiger partial charge on any atom is 0.0688 e. The number of methoxy groups -OCH3 is 1. The Morgan fingerprint density at radius 3 is 2.08 bits per heavy atom. The lowest BCUT2D eigenvalue weighted by Crippen LogP contribution is -2.38. The molecule has 0 fully saturated rings. The molecule has 0 amide bonds. The first kappa shape index (κ1) is 13.4. The average molecular weight is 253 g/mol. The topological polar surface area (TPSA) is 29.5 Å². The second kappa shape index (κ2) is 4.76. The molecule has 1 N–H and O–H groups in total. The highest BCUT2D eigenvalue weighted by Gasteiger charge is 2.33. The molecule has 1 unspecified atom stereocenters. The summed E-state index contributed by atoms with van der Waals surface area (Å²) in [5.41, 5.74) is -0.296. The first-order chi connectivity index (χ1) is 5.75. The van der Waals surface area contributed by atoms with Gasteiger partial charge >= 0.3 is 0 Å². The molecular weight excluding hydrogens is 232 g/mol. The minimum Gasteiger partial charge on any atom is -0.392 e. The van der Waals surface area contributed by atoms with Crippen molar-refractivity contribution >= 4 is 15.9 Å². The summed E-state index contributed by atoms with van der Waals surface area (Å²) in [5, 5.41) is 10.4. The summed E-state index contributed by atoms with van der Waals surface area (Å²) < 4.78 is 5.34. The van der Waals surface area contributed by atoms with Gasteiger partial charge in [0.25, 0.3) is 0 Å². The van der Waals surface area contributed by atoms with Gasteiger partial charge in [-0.3, -0.25) is 0 Å². The van der Waals surface area contributed by atoms with Gasteiger partial charge in [-0.2, -0.15) is 0 Å². The van der Waals surface area contributed by atoms with Crippen LogP contribution in [0.15, 0.2) is 0 Å². The van der Waals surface area contributed by atoms with Crippen molar-refractivity contribution in [2.24, 2.45) is 5.41 Å². The number of aliphatic hydroxyl groups is 1. The monoisotopic (exact) mass is 252 g/mol. The molecule has 0 radical (unpaired) electrons. The van der Waals surface area contributed by atoms with E-state index in [1.54, 1.807) is 7.11 Å². The molecule has 0 spiro atoms. The van der Waals surface area contributed by atoms with Gasteiger partial charge in [0.15, 0.2) is 0 Å². The quantitative estimate of drug-likeness (QED) is 0.763. The molecule has 80 valence electrons. The lowest BCUT2D eigenvalue weighted by Gasteiger charge is -2.36. The van der Waals surface area contributed by atoms with E-state index < -0.39 is 0 Å². The Labute approximate surface area is 89.8 Å². The Kier molecular flexibility index (Phi) is 4.91. The number of aliphatic hydroxyl groups excluding tert-OH is 1. The third-order valence-corrected chi connectivity index (χ3v) is 3.10. The number of ether oxygens (including phenoxy) is 1. The molecule has 0 aromatic heterocycles. The van der Waals surface area contributed by atoms with Crippen LogP contribution >= 0.6 is 15.9 Å².